The van der Waals surface area contributed by atoms with Crippen LogP contribution >= 0.6 is 0 Å². The molecule has 6 N–H and O–H groups in total. The highest BCUT2D eigenvalue weighted by atomic mass is 19.1. The van der Waals surface area contributed by atoms with Crippen molar-refractivity contribution >= 4 is 29.5 Å². The minimum atomic E-state index is -1.14. The van der Waals surface area contributed by atoms with Gasteiger partial charge in [0.25, 0.3) is 5.91 Å². The molecule has 3 rings (SSSR count). The van der Waals surface area contributed by atoms with Crippen molar-refractivity contribution in [3.05, 3.63) is 29.2 Å². The SMILES string of the molecule is Cc1cc(Nc2nc(NC3CCCCC3NC(=O)O)c(F)cc2C(N)=O)on1. The van der Waals surface area contributed by atoms with Crippen LogP contribution in [0.1, 0.15) is 41.7 Å². The number of hydrogen-bond acceptors (Lipinski definition) is 7. The first-order chi connectivity index (χ1) is 13.3. The number of carbonyl (C=O) groups is 2. The Balaban J connectivity index is 1.88. The highest BCUT2D eigenvalue weighted by Gasteiger charge is 2.28. The fraction of sp³-hybridized carbons (Fsp3) is 0.412. The van der Waals surface area contributed by atoms with E-state index in [0.717, 1.165) is 18.9 Å². The van der Waals surface area contributed by atoms with Gasteiger partial charge in [-0.05, 0) is 25.8 Å². The van der Waals surface area contributed by atoms with Crippen molar-refractivity contribution in [2.75, 3.05) is 10.6 Å². The highest BCUT2D eigenvalue weighted by molar-refractivity contribution is 5.98. The molecule has 10 nitrogen and oxygen atoms in total. The topological polar surface area (TPSA) is 155 Å². The third-order valence-electron chi connectivity index (χ3n) is 4.51. The molecule has 1 aliphatic rings. The minimum absolute atomic E-state index is 0.00565. The average molecular weight is 392 g/mol. The predicted octanol–water partition coefficient (Wildman–Crippen LogP) is 2.35. The van der Waals surface area contributed by atoms with Crippen LogP contribution in [0.5, 0.6) is 0 Å². The van der Waals surface area contributed by atoms with Gasteiger partial charge in [-0.15, -0.1) is 0 Å². The van der Waals surface area contributed by atoms with E-state index in [2.05, 4.69) is 26.1 Å². The molecule has 1 saturated carbocycles. The van der Waals surface area contributed by atoms with E-state index in [1.54, 1.807) is 13.0 Å². The van der Waals surface area contributed by atoms with Gasteiger partial charge in [-0.25, -0.2) is 14.2 Å². The summed E-state index contributed by atoms with van der Waals surface area (Å²) in [6, 6.07) is 1.84. The van der Waals surface area contributed by atoms with Crippen LogP contribution in [-0.2, 0) is 0 Å². The largest absolute Gasteiger partial charge is 0.465 e. The lowest BCUT2D eigenvalue weighted by molar-refractivity contribution is 0.1000. The molecule has 150 valence electrons. The number of aryl methyl sites for hydroxylation is 1. The van der Waals surface area contributed by atoms with Gasteiger partial charge in [-0.1, -0.05) is 18.0 Å². The Kier molecular flexibility index (Phi) is 5.62. The summed E-state index contributed by atoms with van der Waals surface area (Å²) in [5.74, 6) is -1.53. The second kappa shape index (κ2) is 8.11. The number of carboxylic acid groups (broad SMARTS) is 1. The van der Waals surface area contributed by atoms with Crippen molar-refractivity contribution in [3.63, 3.8) is 0 Å². The van der Waals surface area contributed by atoms with Crippen LogP contribution in [0, 0.1) is 12.7 Å². The lowest BCUT2D eigenvalue weighted by Crippen LogP contribution is -2.48. The van der Waals surface area contributed by atoms with E-state index < -0.39 is 17.8 Å². The van der Waals surface area contributed by atoms with Crippen LogP contribution in [0.3, 0.4) is 0 Å². The molecule has 2 atom stereocenters. The van der Waals surface area contributed by atoms with E-state index in [0.29, 0.717) is 18.5 Å². The van der Waals surface area contributed by atoms with E-state index in [9.17, 15) is 14.0 Å². The number of nitrogens with one attached hydrogen (secondary N) is 3. The lowest BCUT2D eigenvalue weighted by atomic mass is 9.90. The number of carbonyl (C=O) groups excluding carboxylic acids is 1. The summed E-state index contributed by atoms with van der Waals surface area (Å²) in [7, 11) is 0. The summed E-state index contributed by atoms with van der Waals surface area (Å²) >= 11 is 0. The van der Waals surface area contributed by atoms with Crippen molar-refractivity contribution < 1.29 is 23.6 Å². The first-order valence-electron chi connectivity index (χ1n) is 8.80. The molecule has 0 bridgehead atoms. The Morgan fingerprint density at radius 2 is 1.96 bits per heavy atom. The van der Waals surface area contributed by atoms with Gasteiger partial charge in [0.2, 0.25) is 5.88 Å². The number of primary amides is 1. The van der Waals surface area contributed by atoms with E-state index in [-0.39, 0.29) is 35.2 Å². The van der Waals surface area contributed by atoms with Gasteiger partial charge in [0.1, 0.15) is 5.82 Å². The number of aromatic nitrogens is 2. The maximum absolute atomic E-state index is 14.5. The Hall–Kier alpha value is -3.37. The molecule has 0 aromatic carbocycles. The summed E-state index contributed by atoms with van der Waals surface area (Å²) < 4.78 is 19.6. The van der Waals surface area contributed by atoms with Gasteiger partial charge in [0.15, 0.2) is 11.6 Å². The molecular formula is C17H21FN6O4. The molecule has 2 aromatic heterocycles. The maximum Gasteiger partial charge on any atom is 0.404 e. The molecule has 0 saturated heterocycles. The fourth-order valence-corrected chi connectivity index (χ4v) is 3.22. The third-order valence-corrected chi connectivity index (χ3v) is 4.51. The van der Waals surface area contributed by atoms with E-state index in [1.165, 1.54) is 0 Å². The zero-order valence-electron chi connectivity index (χ0n) is 15.2. The summed E-state index contributed by atoms with van der Waals surface area (Å²) in [6.45, 7) is 1.72. The number of amides is 2. The smallest absolute Gasteiger partial charge is 0.404 e. The number of rotatable bonds is 6. The number of hydrogen-bond donors (Lipinski definition) is 5. The molecule has 2 unspecified atom stereocenters. The molecule has 2 aromatic rings. The summed E-state index contributed by atoms with van der Waals surface area (Å²) in [4.78, 5) is 26.8. The van der Waals surface area contributed by atoms with E-state index in [4.69, 9.17) is 15.4 Å². The van der Waals surface area contributed by atoms with Crippen LogP contribution in [0.2, 0.25) is 0 Å². The number of nitrogens with two attached hydrogens (primary N) is 1. The highest BCUT2D eigenvalue weighted by Crippen LogP contribution is 2.27. The van der Waals surface area contributed by atoms with Gasteiger partial charge in [-0.3, -0.25) is 4.79 Å². The second-order valence-corrected chi connectivity index (χ2v) is 6.63. The van der Waals surface area contributed by atoms with Crippen molar-refractivity contribution in [2.45, 2.75) is 44.7 Å². The van der Waals surface area contributed by atoms with Gasteiger partial charge < -0.3 is 31.3 Å². The van der Waals surface area contributed by atoms with Crippen molar-refractivity contribution in [1.82, 2.24) is 15.5 Å². The average Bonchev–Trinajstić information content (AvgIpc) is 3.03. The first-order valence-corrected chi connectivity index (χ1v) is 8.80. The van der Waals surface area contributed by atoms with Crippen LogP contribution in [0.15, 0.2) is 16.7 Å². The Labute approximate surface area is 159 Å². The van der Waals surface area contributed by atoms with Crippen LogP contribution in [0.25, 0.3) is 0 Å². The van der Waals surface area contributed by atoms with Crippen LogP contribution in [0.4, 0.5) is 26.7 Å². The fourth-order valence-electron chi connectivity index (χ4n) is 3.22. The monoisotopic (exact) mass is 392 g/mol. The standard InChI is InChI=1S/C17H21FN6O4/c1-8-6-13(28-24-8)22-15-9(14(19)25)7-10(18)16(23-15)20-11-4-2-3-5-12(11)21-17(26)27/h6-7,11-12,21H,2-5H2,1H3,(H2,19,25)(H,26,27)(H2,20,22,23). The summed E-state index contributed by atoms with van der Waals surface area (Å²) in [5, 5.41) is 20.9. The Morgan fingerprint density at radius 1 is 1.25 bits per heavy atom. The number of pyridine rings is 1. The first kappa shape index (κ1) is 19.4. The van der Waals surface area contributed by atoms with Crippen molar-refractivity contribution in [2.24, 2.45) is 5.73 Å². The lowest BCUT2D eigenvalue weighted by Gasteiger charge is -2.32. The molecule has 2 heterocycles. The number of nitrogens with zero attached hydrogens (tertiary/aromatic N) is 2. The number of anilines is 3. The molecule has 1 aliphatic carbocycles. The molecule has 0 spiro atoms. The van der Waals surface area contributed by atoms with Gasteiger partial charge in [0, 0.05) is 12.1 Å². The van der Waals surface area contributed by atoms with E-state index >= 15 is 0 Å². The van der Waals surface area contributed by atoms with Crippen molar-refractivity contribution in [3.8, 4) is 0 Å². The summed E-state index contributed by atoms with van der Waals surface area (Å²) in [5.41, 5.74) is 5.78. The Morgan fingerprint density at radius 3 is 2.57 bits per heavy atom. The van der Waals surface area contributed by atoms with Crippen LogP contribution < -0.4 is 21.7 Å². The number of halogens is 1. The normalized spacial score (nSPS) is 19.1. The molecule has 11 heteroatoms. The molecule has 1 fully saturated rings. The minimum Gasteiger partial charge on any atom is -0.465 e. The molecule has 2 amide bonds. The van der Waals surface area contributed by atoms with Gasteiger partial charge in [0.05, 0.1) is 17.3 Å². The summed E-state index contributed by atoms with van der Waals surface area (Å²) in [6.07, 6.45) is 1.89. The van der Waals surface area contributed by atoms with Gasteiger partial charge in [-0.2, -0.15) is 0 Å². The van der Waals surface area contributed by atoms with Gasteiger partial charge >= 0.3 is 6.09 Å². The molecule has 28 heavy (non-hydrogen) atoms. The maximum atomic E-state index is 14.5. The quantitative estimate of drug-likeness (QED) is 0.502. The molecular weight excluding hydrogens is 371 g/mol. The zero-order valence-corrected chi connectivity index (χ0v) is 15.2. The molecule has 0 radical (unpaired) electrons. The van der Waals surface area contributed by atoms with Crippen LogP contribution in [-0.4, -0.2) is 39.3 Å². The zero-order chi connectivity index (χ0) is 20.3. The third kappa shape index (κ3) is 4.48. The van der Waals surface area contributed by atoms with E-state index in [1.807, 2.05) is 0 Å². The Bertz CT molecular complexity index is 887. The van der Waals surface area contributed by atoms with Crippen molar-refractivity contribution in [1.29, 1.82) is 0 Å². The molecule has 0 aliphatic heterocycles. The predicted molar refractivity (Wildman–Crippen MR) is 98.1 cm³/mol. The second-order valence-electron chi connectivity index (χ2n) is 6.63.